The lowest BCUT2D eigenvalue weighted by Gasteiger charge is -2.31. The molecule has 24 heavy (non-hydrogen) atoms. The Hall–Kier alpha value is -0.600. The van der Waals surface area contributed by atoms with E-state index in [0.29, 0.717) is 0 Å². The van der Waals surface area contributed by atoms with Crippen molar-refractivity contribution in [3.8, 4) is 0 Å². The van der Waals surface area contributed by atoms with Crippen LogP contribution in [0.4, 0.5) is 0 Å². The number of fused-ring (bicyclic) bond motifs is 4. The molecule has 2 heteroatoms. The fourth-order valence-corrected chi connectivity index (χ4v) is 5.55. The molecule has 2 saturated carbocycles. The monoisotopic (exact) mass is 330 g/mol. The van der Waals surface area contributed by atoms with Gasteiger partial charge in [-0.15, -0.1) is 0 Å². The van der Waals surface area contributed by atoms with E-state index in [2.05, 4.69) is 38.2 Å². The summed E-state index contributed by atoms with van der Waals surface area (Å²) in [6.07, 6.45) is 18.6. The molecule has 0 N–H and O–H groups in total. The molecule has 0 heterocycles. The van der Waals surface area contributed by atoms with Gasteiger partial charge in [0.25, 0.3) is 0 Å². The highest BCUT2D eigenvalue weighted by atomic mass is 16.7. The molecule has 6 unspecified atom stereocenters. The minimum atomic E-state index is -0.388. The van der Waals surface area contributed by atoms with E-state index in [1.54, 1.807) is 0 Å². The molecule has 0 aromatic carbocycles. The van der Waals surface area contributed by atoms with Gasteiger partial charge in [-0.05, 0) is 87.4 Å². The van der Waals surface area contributed by atoms with Gasteiger partial charge in [0, 0.05) is 0 Å². The molecule has 0 radical (unpaired) electrons. The molecule has 2 fully saturated rings. The molecule has 2 nitrogen and oxygen atoms in total. The molecule has 134 valence electrons. The van der Waals surface area contributed by atoms with E-state index in [1.807, 2.05) is 0 Å². The van der Waals surface area contributed by atoms with Crippen LogP contribution in [-0.2, 0) is 9.47 Å². The zero-order chi connectivity index (χ0) is 16.6. The van der Waals surface area contributed by atoms with Crippen molar-refractivity contribution in [2.45, 2.75) is 64.6 Å². The standard InChI is InChI=1S/C22H34O2/c1-3-22(2,23-10-8-20-14-16-4-6-18(20)12-16)24-11-9-21-15-17-5-7-19(21)13-17/h4-7,16-21H,3,8-15H2,1-2H3. The number of hydrogen-bond donors (Lipinski definition) is 0. The summed E-state index contributed by atoms with van der Waals surface area (Å²) in [6, 6.07) is 0. The van der Waals surface area contributed by atoms with Crippen molar-refractivity contribution in [3.05, 3.63) is 24.3 Å². The van der Waals surface area contributed by atoms with Crippen molar-refractivity contribution in [2.24, 2.45) is 35.5 Å². The quantitative estimate of drug-likeness (QED) is 0.419. The van der Waals surface area contributed by atoms with Crippen LogP contribution in [-0.4, -0.2) is 19.0 Å². The van der Waals surface area contributed by atoms with Crippen LogP contribution in [0.3, 0.4) is 0 Å². The topological polar surface area (TPSA) is 18.5 Å². The summed E-state index contributed by atoms with van der Waals surface area (Å²) in [4.78, 5) is 0. The molecule has 0 aromatic heterocycles. The van der Waals surface area contributed by atoms with Crippen molar-refractivity contribution >= 4 is 0 Å². The van der Waals surface area contributed by atoms with Gasteiger partial charge in [-0.1, -0.05) is 31.2 Å². The average molecular weight is 331 g/mol. The fourth-order valence-electron chi connectivity index (χ4n) is 5.55. The minimum Gasteiger partial charge on any atom is -0.350 e. The van der Waals surface area contributed by atoms with Crippen LogP contribution in [0, 0.1) is 35.5 Å². The number of allylic oxidation sites excluding steroid dienone is 4. The Bertz CT molecular complexity index is 454. The third kappa shape index (κ3) is 3.51. The summed E-state index contributed by atoms with van der Waals surface area (Å²) in [5, 5.41) is 0. The van der Waals surface area contributed by atoms with Crippen molar-refractivity contribution < 1.29 is 9.47 Å². The first-order chi connectivity index (χ1) is 11.6. The van der Waals surface area contributed by atoms with E-state index in [9.17, 15) is 0 Å². The summed E-state index contributed by atoms with van der Waals surface area (Å²) in [5.41, 5.74) is 0. The smallest absolute Gasteiger partial charge is 0.165 e. The van der Waals surface area contributed by atoms with Crippen molar-refractivity contribution in [1.82, 2.24) is 0 Å². The van der Waals surface area contributed by atoms with E-state index in [4.69, 9.17) is 9.47 Å². The van der Waals surface area contributed by atoms with E-state index >= 15 is 0 Å². The second kappa shape index (κ2) is 6.96. The SMILES string of the molecule is CCC(C)(OCCC1CC2C=CC1C2)OCCC1CC2C=CC1C2. The molecule has 0 aliphatic heterocycles. The van der Waals surface area contributed by atoms with E-state index < -0.39 is 0 Å². The maximum Gasteiger partial charge on any atom is 0.165 e. The van der Waals surface area contributed by atoms with Gasteiger partial charge in [-0.2, -0.15) is 0 Å². The van der Waals surface area contributed by atoms with Gasteiger partial charge >= 0.3 is 0 Å². The average Bonchev–Trinajstić information content (AvgIpc) is 3.36. The van der Waals surface area contributed by atoms with Gasteiger partial charge in [0.2, 0.25) is 0 Å². The third-order valence-electron chi connectivity index (χ3n) is 7.27. The van der Waals surface area contributed by atoms with Gasteiger partial charge in [0.05, 0.1) is 13.2 Å². The zero-order valence-corrected chi connectivity index (χ0v) is 15.5. The van der Waals surface area contributed by atoms with Gasteiger partial charge in [0.1, 0.15) is 0 Å². The molecule has 4 aliphatic carbocycles. The highest BCUT2D eigenvalue weighted by Gasteiger charge is 2.37. The molecule has 4 bridgehead atoms. The van der Waals surface area contributed by atoms with Crippen molar-refractivity contribution in [2.75, 3.05) is 13.2 Å². The van der Waals surface area contributed by atoms with Crippen molar-refractivity contribution in [3.63, 3.8) is 0 Å². The Balaban J connectivity index is 1.16. The van der Waals surface area contributed by atoms with Gasteiger partial charge < -0.3 is 9.47 Å². The minimum absolute atomic E-state index is 0.388. The molecule has 4 aliphatic rings. The Morgan fingerprint density at radius 3 is 1.62 bits per heavy atom. The summed E-state index contributed by atoms with van der Waals surface area (Å²) in [5.74, 6) is 4.70. The normalized spacial score (nSPS) is 41.4. The predicted molar refractivity (Wildman–Crippen MR) is 97.5 cm³/mol. The van der Waals surface area contributed by atoms with E-state index in [1.165, 1.54) is 38.5 Å². The van der Waals surface area contributed by atoms with Crippen molar-refractivity contribution in [1.29, 1.82) is 0 Å². The Kier molecular flexibility index (Phi) is 4.88. The van der Waals surface area contributed by atoms with Crippen LogP contribution < -0.4 is 0 Å². The summed E-state index contributed by atoms with van der Waals surface area (Å²) >= 11 is 0. The Morgan fingerprint density at radius 1 is 0.792 bits per heavy atom. The second-order valence-electron chi connectivity index (χ2n) is 8.84. The summed E-state index contributed by atoms with van der Waals surface area (Å²) in [6.45, 7) is 6.01. The second-order valence-corrected chi connectivity index (χ2v) is 8.84. The van der Waals surface area contributed by atoms with Crippen LogP contribution in [0.15, 0.2) is 24.3 Å². The third-order valence-corrected chi connectivity index (χ3v) is 7.27. The highest BCUT2D eigenvalue weighted by Crippen LogP contribution is 2.46. The van der Waals surface area contributed by atoms with Gasteiger partial charge in [0.15, 0.2) is 5.79 Å². The summed E-state index contributed by atoms with van der Waals surface area (Å²) < 4.78 is 12.4. The molecule has 0 aromatic rings. The van der Waals surface area contributed by atoms with Crippen LogP contribution in [0.2, 0.25) is 0 Å². The molecular weight excluding hydrogens is 296 g/mol. The van der Waals surface area contributed by atoms with Crippen LogP contribution in [0.25, 0.3) is 0 Å². The fraction of sp³-hybridized carbons (Fsp3) is 0.818. The maximum absolute atomic E-state index is 6.21. The lowest BCUT2D eigenvalue weighted by molar-refractivity contribution is -0.230. The molecule has 0 saturated heterocycles. The Labute approximate surface area is 147 Å². The largest absolute Gasteiger partial charge is 0.350 e. The highest BCUT2D eigenvalue weighted by molar-refractivity contribution is 5.10. The lowest BCUT2D eigenvalue weighted by Crippen LogP contribution is -2.33. The molecule has 0 amide bonds. The van der Waals surface area contributed by atoms with Gasteiger partial charge in [-0.25, -0.2) is 0 Å². The first-order valence-electron chi connectivity index (χ1n) is 10.3. The van der Waals surface area contributed by atoms with Crippen LogP contribution in [0.1, 0.15) is 58.8 Å². The first-order valence-corrected chi connectivity index (χ1v) is 10.3. The maximum atomic E-state index is 6.21. The van der Waals surface area contributed by atoms with Crippen LogP contribution in [0.5, 0.6) is 0 Å². The Morgan fingerprint density at radius 2 is 1.29 bits per heavy atom. The first kappa shape index (κ1) is 16.8. The number of rotatable bonds is 9. The van der Waals surface area contributed by atoms with Gasteiger partial charge in [-0.3, -0.25) is 0 Å². The predicted octanol–water partition coefficient (Wildman–Crippen LogP) is 5.35. The molecule has 4 rings (SSSR count). The summed E-state index contributed by atoms with van der Waals surface area (Å²) in [7, 11) is 0. The number of hydrogen-bond acceptors (Lipinski definition) is 2. The molecular formula is C22H34O2. The molecule has 0 spiro atoms. The molecule has 6 atom stereocenters. The number of ether oxygens (including phenoxy) is 2. The lowest BCUT2D eigenvalue weighted by atomic mass is 9.91. The van der Waals surface area contributed by atoms with E-state index in [0.717, 1.165) is 55.1 Å². The zero-order valence-electron chi connectivity index (χ0n) is 15.5. The van der Waals surface area contributed by atoms with Crippen LogP contribution >= 0.6 is 0 Å². The van der Waals surface area contributed by atoms with E-state index in [-0.39, 0.29) is 5.79 Å².